The lowest BCUT2D eigenvalue weighted by molar-refractivity contribution is -0.136. The Bertz CT molecular complexity index is 927. The summed E-state index contributed by atoms with van der Waals surface area (Å²) in [5, 5.41) is 15.2. The van der Waals surface area contributed by atoms with Crippen LogP contribution in [0.2, 0.25) is 0 Å². The Morgan fingerprint density at radius 3 is 2.50 bits per heavy atom. The molecule has 0 bridgehead atoms. The Labute approximate surface area is 175 Å². The molecule has 0 saturated carbocycles. The predicted octanol–water partition coefficient (Wildman–Crippen LogP) is 1.67. The van der Waals surface area contributed by atoms with Crippen LogP contribution in [0.3, 0.4) is 0 Å². The fourth-order valence-corrected chi connectivity index (χ4v) is 3.24. The average molecular weight is 410 g/mol. The average Bonchev–Trinajstić information content (AvgIpc) is 3.17. The van der Waals surface area contributed by atoms with Crippen LogP contribution in [0.4, 0.5) is 17.1 Å². The van der Waals surface area contributed by atoms with E-state index in [4.69, 9.17) is 0 Å². The summed E-state index contributed by atoms with van der Waals surface area (Å²) in [7, 11) is 3.84. The number of hydrogen-bond acceptors (Lipinski definition) is 5. The standard InChI is InChI=1S/C22H26N4O4/c1-25(2)17-10-8-15(9-11-17)19(27)14-23-21(29)22(30)24-16-5-3-6-18(13-16)26-12-4-7-20(26)28/h3,5-6,8-11,13,19,27H,4,7,12,14H2,1-2H3,(H,23,29)(H,24,30). The summed E-state index contributed by atoms with van der Waals surface area (Å²) >= 11 is 0. The molecular formula is C22H26N4O4. The fourth-order valence-electron chi connectivity index (χ4n) is 3.24. The van der Waals surface area contributed by atoms with Crippen molar-refractivity contribution in [2.75, 3.05) is 42.3 Å². The van der Waals surface area contributed by atoms with Crippen LogP contribution in [-0.2, 0) is 14.4 Å². The van der Waals surface area contributed by atoms with Crippen LogP contribution in [0.5, 0.6) is 0 Å². The molecular weight excluding hydrogens is 384 g/mol. The molecule has 0 aromatic heterocycles. The summed E-state index contributed by atoms with van der Waals surface area (Å²) in [6, 6.07) is 14.1. The van der Waals surface area contributed by atoms with E-state index in [9.17, 15) is 19.5 Å². The van der Waals surface area contributed by atoms with Gasteiger partial charge in [-0.1, -0.05) is 18.2 Å². The van der Waals surface area contributed by atoms with Gasteiger partial charge in [-0.05, 0) is 42.3 Å². The van der Waals surface area contributed by atoms with Gasteiger partial charge in [-0.3, -0.25) is 14.4 Å². The molecule has 0 radical (unpaired) electrons. The maximum absolute atomic E-state index is 12.2. The van der Waals surface area contributed by atoms with Crippen LogP contribution in [0.1, 0.15) is 24.5 Å². The number of aliphatic hydroxyl groups excluding tert-OH is 1. The largest absolute Gasteiger partial charge is 0.387 e. The van der Waals surface area contributed by atoms with Gasteiger partial charge < -0.3 is 25.5 Å². The zero-order chi connectivity index (χ0) is 21.7. The third kappa shape index (κ3) is 5.15. The first kappa shape index (κ1) is 21.3. The highest BCUT2D eigenvalue weighted by atomic mass is 16.3. The van der Waals surface area contributed by atoms with Gasteiger partial charge in [0, 0.05) is 50.7 Å². The minimum atomic E-state index is -0.928. The molecule has 30 heavy (non-hydrogen) atoms. The van der Waals surface area contributed by atoms with Crippen LogP contribution in [-0.4, -0.2) is 50.0 Å². The molecule has 1 aliphatic heterocycles. The lowest BCUT2D eigenvalue weighted by Crippen LogP contribution is -2.37. The topological polar surface area (TPSA) is 102 Å². The number of carbonyl (C=O) groups excluding carboxylic acids is 3. The minimum absolute atomic E-state index is 0.0452. The molecule has 0 aliphatic carbocycles. The molecule has 2 aromatic rings. The van der Waals surface area contributed by atoms with E-state index in [2.05, 4.69) is 10.6 Å². The third-order valence-electron chi connectivity index (χ3n) is 4.95. The molecule has 1 fully saturated rings. The van der Waals surface area contributed by atoms with Gasteiger partial charge in [0.1, 0.15) is 0 Å². The van der Waals surface area contributed by atoms with Crippen molar-refractivity contribution in [3.8, 4) is 0 Å². The molecule has 3 amide bonds. The van der Waals surface area contributed by atoms with Crippen LogP contribution in [0.15, 0.2) is 48.5 Å². The third-order valence-corrected chi connectivity index (χ3v) is 4.95. The van der Waals surface area contributed by atoms with E-state index in [1.807, 2.05) is 31.1 Å². The number of benzene rings is 2. The normalized spacial score (nSPS) is 14.4. The van der Waals surface area contributed by atoms with Crippen molar-refractivity contribution in [1.29, 1.82) is 0 Å². The van der Waals surface area contributed by atoms with Crippen molar-refractivity contribution in [2.45, 2.75) is 18.9 Å². The zero-order valence-electron chi connectivity index (χ0n) is 17.1. The van der Waals surface area contributed by atoms with Gasteiger partial charge in [0.25, 0.3) is 0 Å². The van der Waals surface area contributed by atoms with E-state index < -0.39 is 17.9 Å². The number of rotatable bonds is 6. The maximum Gasteiger partial charge on any atom is 0.313 e. The number of hydrogen-bond donors (Lipinski definition) is 3. The molecule has 1 aliphatic rings. The molecule has 3 rings (SSSR count). The highest BCUT2D eigenvalue weighted by Gasteiger charge is 2.22. The fraction of sp³-hybridized carbons (Fsp3) is 0.318. The van der Waals surface area contributed by atoms with Crippen molar-refractivity contribution >= 4 is 34.8 Å². The summed E-state index contributed by atoms with van der Waals surface area (Å²) in [5.74, 6) is -1.64. The minimum Gasteiger partial charge on any atom is -0.387 e. The van der Waals surface area contributed by atoms with Crippen molar-refractivity contribution in [3.05, 3.63) is 54.1 Å². The Kier molecular flexibility index (Phi) is 6.68. The molecule has 1 saturated heterocycles. The monoisotopic (exact) mass is 410 g/mol. The van der Waals surface area contributed by atoms with Crippen molar-refractivity contribution < 1.29 is 19.5 Å². The van der Waals surface area contributed by atoms with E-state index >= 15 is 0 Å². The lowest BCUT2D eigenvalue weighted by atomic mass is 10.1. The van der Waals surface area contributed by atoms with Gasteiger partial charge in [0.2, 0.25) is 5.91 Å². The zero-order valence-corrected chi connectivity index (χ0v) is 17.1. The first-order valence-corrected chi connectivity index (χ1v) is 9.80. The molecule has 0 spiro atoms. The number of amides is 3. The Hall–Kier alpha value is -3.39. The Morgan fingerprint density at radius 2 is 1.87 bits per heavy atom. The van der Waals surface area contributed by atoms with Gasteiger partial charge in [-0.2, -0.15) is 0 Å². The molecule has 2 aromatic carbocycles. The van der Waals surface area contributed by atoms with E-state index in [-0.39, 0.29) is 12.5 Å². The van der Waals surface area contributed by atoms with Crippen molar-refractivity contribution in [2.24, 2.45) is 0 Å². The molecule has 158 valence electrons. The van der Waals surface area contributed by atoms with Gasteiger partial charge in [-0.15, -0.1) is 0 Å². The van der Waals surface area contributed by atoms with Crippen LogP contribution >= 0.6 is 0 Å². The lowest BCUT2D eigenvalue weighted by Gasteiger charge is -2.17. The summed E-state index contributed by atoms with van der Waals surface area (Å²) in [6.07, 6.45) is 0.388. The van der Waals surface area contributed by atoms with Crippen LogP contribution in [0.25, 0.3) is 0 Å². The molecule has 8 heteroatoms. The number of nitrogens with zero attached hydrogens (tertiary/aromatic N) is 2. The smallest absolute Gasteiger partial charge is 0.313 e. The van der Waals surface area contributed by atoms with Crippen molar-refractivity contribution in [3.63, 3.8) is 0 Å². The number of carbonyl (C=O) groups is 3. The SMILES string of the molecule is CN(C)c1ccc(C(O)CNC(=O)C(=O)Nc2cccc(N3CCCC3=O)c2)cc1. The van der Waals surface area contributed by atoms with Gasteiger partial charge in [0.05, 0.1) is 6.10 Å². The maximum atomic E-state index is 12.2. The Balaban J connectivity index is 1.53. The van der Waals surface area contributed by atoms with Gasteiger partial charge in [-0.25, -0.2) is 0 Å². The second-order valence-corrected chi connectivity index (χ2v) is 7.37. The molecule has 1 heterocycles. The van der Waals surface area contributed by atoms with E-state index in [0.717, 1.165) is 12.1 Å². The highest BCUT2D eigenvalue weighted by molar-refractivity contribution is 6.39. The van der Waals surface area contributed by atoms with Gasteiger partial charge >= 0.3 is 11.8 Å². The molecule has 8 nitrogen and oxygen atoms in total. The van der Waals surface area contributed by atoms with E-state index in [1.165, 1.54) is 0 Å². The molecule has 1 atom stereocenters. The summed E-state index contributed by atoms with van der Waals surface area (Å²) < 4.78 is 0. The predicted molar refractivity (Wildman–Crippen MR) is 115 cm³/mol. The first-order valence-electron chi connectivity index (χ1n) is 9.80. The number of anilines is 3. The second kappa shape index (κ2) is 9.41. The number of nitrogens with one attached hydrogen (secondary N) is 2. The summed E-state index contributed by atoms with van der Waals surface area (Å²) in [5.41, 5.74) is 2.75. The highest BCUT2D eigenvalue weighted by Crippen LogP contribution is 2.24. The van der Waals surface area contributed by atoms with E-state index in [1.54, 1.807) is 41.3 Å². The van der Waals surface area contributed by atoms with Gasteiger partial charge in [0.15, 0.2) is 0 Å². The first-order chi connectivity index (χ1) is 14.3. The quantitative estimate of drug-likeness (QED) is 0.629. The van der Waals surface area contributed by atoms with E-state index in [0.29, 0.717) is 29.9 Å². The summed E-state index contributed by atoms with van der Waals surface area (Å²) in [4.78, 5) is 39.8. The van der Waals surface area contributed by atoms with Crippen LogP contribution in [0, 0.1) is 0 Å². The van der Waals surface area contributed by atoms with Crippen molar-refractivity contribution in [1.82, 2.24) is 5.32 Å². The summed E-state index contributed by atoms with van der Waals surface area (Å²) in [6.45, 7) is 0.556. The van der Waals surface area contributed by atoms with Crippen LogP contribution < -0.4 is 20.4 Å². The number of aliphatic hydroxyl groups is 1. The second-order valence-electron chi connectivity index (χ2n) is 7.37. The Morgan fingerprint density at radius 1 is 1.13 bits per heavy atom. The molecule has 3 N–H and O–H groups in total. The molecule has 1 unspecified atom stereocenters.